The van der Waals surface area contributed by atoms with Gasteiger partial charge in [-0.2, -0.15) is 9.97 Å². The van der Waals surface area contributed by atoms with E-state index in [1.165, 1.54) is 4.57 Å². The zero-order chi connectivity index (χ0) is 21.2. The monoisotopic (exact) mass is 430 g/mol. The van der Waals surface area contributed by atoms with E-state index in [-0.39, 0.29) is 5.82 Å². The molecule has 2 aliphatic rings. The van der Waals surface area contributed by atoms with Gasteiger partial charge in [0.15, 0.2) is 5.82 Å². The minimum atomic E-state index is -2.75. The normalized spacial score (nSPS) is 19.5. The highest BCUT2D eigenvalue weighted by Crippen LogP contribution is 2.29. The van der Waals surface area contributed by atoms with Gasteiger partial charge in [0.25, 0.3) is 6.43 Å². The van der Waals surface area contributed by atoms with E-state index in [4.69, 9.17) is 9.47 Å². The molecule has 0 amide bonds. The number of fused-ring (bicyclic) bond motifs is 1. The highest BCUT2D eigenvalue weighted by Gasteiger charge is 2.24. The fourth-order valence-corrected chi connectivity index (χ4v) is 3.99. The molecule has 2 fully saturated rings. The van der Waals surface area contributed by atoms with Crippen LogP contribution in [0.5, 0.6) is 5.88 Å². The van der Waals surface area contributed by atoms with Crippen molar-refractivity contribution >= 4 is 17.0 Å². The van der Waals surface area contributed by atoms with Crippen LogP contribution in [0.15, 0.2) is 30.3 Å². The predicted molar refractivity (Wildman–Crippen MR) is 111 cm³/mol. The Morgan fingerprint density at radius 3 is 2.77 bits per heavy atom. The third kappa shape index (κ3) is 4.17. The summed E-state index contributed by atoms with van der Waals surface area (Å²) in [5.74, 6) is 1.18. The molecule has 10 heteroatoms. The van der Waals surface area contributed by atoms with E-state index < -0.39 is 6.43 Å². The second-order valence-electron chi connectivity index (χ2n) is 7.73. The zero-order valence-corrected chi connectivity index (χ0v) is 17.0. The number of nitrogens with one attached hydrogen (secondary N) is 1. The number of ether oxygens (including phenoxy) is 2. The maximum atomic E-state index is 13.9. The Labute approximate surface area is 178 Å². The van der Waals surface area contributed by atoms with Gasteiger partial charge < -0.3 is 19.7 Å². The average Bonchev–Trinajstić information content (AvgIpc) is 3.46. The lowest BCUT2D eigenvalue weighted by Crippen LogP contribution is -2.37. The third-order valence-electron chi connectivity index (χ3n) is 5.61. The standard InChI is InChI=1S/C21H24F2N6O2/c22-19(23)20-25-15-3-1-2-4-16(15)29(20)17-11-18(31-13-14-5-6-24-12-14)27-21(26-17)28-7-9-30-10-8-28/h1-4,11,14,19,24H,5-10,12-13H2/t14-/m0/s1. The molecule has 0 spiro atoms. The number of imidazole rings is 1. The van der Waals surface area contributed by atoms with Gasteiger partial charge in [-0.1, -0.05) is 12.1 Å². The molecule has 1 aromatic carbocycles. The van der Waals surface area contributed by atoms with Crippen LogP contribution in [0.1, 0.15) is 18.7 Å². The lowest BCUT2D eigenvalue weighted by molar-refractivity contribution is 0.122. The highest BCUT2D eigenvalue weighted by molar-refractivity contribution is 5.78. The van der Waals surface area contributed by atoms with Crippen LogP contribution >= 0.6 is 0 Å². The van der Waals surface area contributed by atoms with Crippen LogP contribution in [0.25, 0.3) is 16.9 Å². The van der Waals surface area contributed by atoms with Crippen molar-refractivity contribution in [2.75, 3.05) is 50.9 Å². The Balaban J connectivity index is 1.57. The third-order valence-corrected chi connectivity index (χ3v) is 5.61. The summed E-state index contributed by atoms with van der Waals surface area (Å²) in [5, 5.41) is 3.31. The first-order valence-corrected chi connectivity index (χ1v) is 10.5. The second-order valence-corrected chi connectivity index (χ2v) is 7.73. The Bertz CT molecular complexity index is 1050. The molecule has 0 saturated carbocycles. The van der Waals surface area contributed by atoms with E-state index in [1.54, 1.807) is 30.3 Å². The quantitative estimate of drug-likeness (QED) is 0.644. The Kier molecular flexibility index (Phi) is 5.65. The first-order valence-electron chi connectivity index (χ1n) is 10.5. The zero-order valence-electron chi connectivity index (χ0n) is 17.0. The highest BCUT2D eigenvalue weighted by atomic mass is 19.3. The molecule has 2 aliphatic heterocycles. The number of morpholine rings is 1. The number of benzene rings is 1. The smallest absolute Gasteiger partial charge is 0.296 e. The number of anilines is 1. The average molecular weight is 430 g/mol. The molecule has 3 aromatic rings. The number of rotatable bonds is 6. The summed E-state index contributed by atoms with van der Waals surface area (Å²) in [7, 11) is 0. The first kappa shape index (κ1) is 20.1. The van der Waals surface area contributed by atoms with E-state index >= 15 is 0 Å². The SMILES string of the molecule is FC(F)c1nc2ccccc2n1-c1cc(OC[C@H]2CCNC2)nc(N2CCOCC2)n1. The van der Waals surface area contributed by atoms with E-state index in [0.717, 1.165) is 19.5 Å². The van der Waals surface area contributed by atoms with Crippen molar-refractivity contribution < 1.29 is 18.3 Å². The molecule has 0 unspecified atom stereocenters. The summed E-state index contributed by atoms with van der Waals surface area (Å²) >= 11 is 0. The van der Waals surface area contributed by atoms with Crippen LogP contribution in [0.3, 0.4) is 0 Å². The summed E-state index contributed by atoms with van der Waals surface area (Å²) in [5.41, 5.74) is 1.05. The molecule has 1 N–H and O–H groups in total. The fourth-order valence-electron chi connectivity index (χ4n) is 3.99. The molecule has 2 saturated heterocycles. The van der Waals surface area contributed by atoms with Gasteiger partial charge in [0.2, 0.25) is 11.8 Å². The number of para-hydroxylation sites is 2. The predicted octanol–water partition coefficient (Wildman–Crippen LogP) is 2.58. The van der Waals surface area contributed by atoms with E-state index in [9.17, 15) is 8.78 Å². The van der Waals surface area contributed by atoms with Crippen molar-refractivity contribution in [2.45, 2.75) is 12.8 Å². The minimum Gasteiger partial charge on any atom is -0.477 e. The van der Waals surface area contributed by atoms with Gasteiger partial charge in [-0.3, -0.25) is 4.57 Å². The Morgan fingerprint density at radius 1 is 1.16 bits per heavy atom. The van der Waals surface area contributed by atoms with Gasteiger partial charge in [0, 0.05) is 31.6 Å². The van der Waals surface area contributed by atoms with Crippen molar-refractivity contribution in [3.63, 3.8) is 0 Å². The maximum absolute atomic E-state index is 13.9. The molecule has 8 nitrogen and oxygen atoms in total. The van der Waals surface area contributed by atoms with Crippen LogP contribution in [-0.4, -0.2) is 65.5 Å². The van der Waals surface area contributed by atoms with Crippen molar-refractivity contribution in [3.05, 3.63) is 36.2 Å². The summed E-state index contributed by atoms with van der Waals surface area (Å²) in [6, 6.07) is 8.66. The van der Waals surface area contributed by atoms with Crippen molar-refractivity contribution in [1.82, 2.24) is 24.8 Å². The first-order chi connectivity index (χ1) is 15.2. The molecule has 0 radical (unpaired) electrons. The number of alkyl halides is 2. The van der Waals surface area contributed by atoms with E-state index in [0.29, 0.717) is 67.5 Å². The minimum absolute atomic E-state index is 0.319. The fraction of sp³-hybridized carbons (Fsp3) is 0.476. The van der Waals surface area contributed by atoms with Crippen LogP contribution in [0.4, 0.5) is 14.7 Å². The molecule has 31 heavy (non-hydrogen) atoms. The second kappa shape index (κ2) is 8.72. The van der Waals surface area contributed by atoms with Crippen LogP contribution < -0.4 is 15.0 Å². The number of hydrogen-bond acceptors (Lipinski definition) is 7. The summed E-state index contributed by atoms with van der Waals surface area (Å²) < 4.78 is 40.6. The lowest BCUT2D eigenvalue weighted by atomic mass is 10.1. The van der Waals surface area contributed by atoms with Crippen molar-refractivity contribution in [1.29, 1.82) is 0 Å². The van der Waals surface area contributed by atoms with Gasteiger partial charge >= 0.3 is 0 Å². The van der Waals surface area contributed by atoms with Crippen LogP contribution in [-0.2, 0) is 4.74 Å². The number of aromatic nitrogens is 4. The van der Waals surface area contributed by atoms with Crippen LogP contribution in [0, 0.1) is 5.92 Å². The molecule has 4 heterocycles. The molecule has 164 valence electrons. The van der Waals surface area contributed by atoms with Gasteiger partial charge in [-0.25, -0.2) is 13.8 Å². The molecular formula is C21H24F2N6O2. The molecule has 1 atom stereocenters. The summed E-state index contributed by atoms with van der Waals surface area (Å²) in [4.78, 5) is 15.3. The largest absolute Gasteiger partial charge is 0.477 e. The molecule has 5 rings (SSSR count). The number of hydrogen-bond donors (Lipinski definition) is 1. The Morgan fingerprint density at radius 2 is 2.00 bits per heavy atom. The maximum Gasteiger partial charge on any atom is 0.296 e. The number of halogens is 2. The molecule has 0 bridgehead atoms. The van der Waals surface area contributed by atoms with E-state index in [2.05, 4.69) is 20.3 Å². The summed E-state index contributed by atoms with van der Waals surface area (Å²) in [6.07, 6.45) is -1.71. The molecule has 0 aliphatic carbocycles. The molecule has 2 aromatic heterocycles. The van der Waals surface area contributed by atoms with Gasteiger partial charge in [-0.15, -0.1) is 0 Å². The topological polar surface area (TPSA) is 77.3 Å². The Hall–Kier alpha value is -2.85. The van der Waals surface area contributed by atoms with Crippen molar-refractivity contribution in [3.8, 4) is 11.7 Å². The van der Waals surface area contributed by atoms with E-state index in [1.807, 2.05) is 4.90 Å². The summed E-state index contributed by atoms with van der Waals surface area (Å²) in [6.45, 7) is 4.76. The van der Waals surface area contributed by atoms with Gasteiger partial charge in [0.05, 0.1) is 30.9 Å². The van der Waals surface area contributed by atoms with Crippen molar-refractivity contribution in [2.24, 2.45) is 5.92 Å². The molecular weight excluding hydrogens is 406 g/mol. The number of nitrogens with zero attached hydrogens (tertiary/aromatic N) is 5. The lowest BCUT2D eigenvalue weighted by Gasteiger charge is -2.27. The van der Waals surface area contributed by atoms with Gasteiger partial charge in [0.1, 0.15) is 5.82 Å². The van der Waals surface area contributed by atoms with Crippen LogP contribution in [0.2, 0.25) is 0 Å². The van der Waals surface area contributed by atoms with Gasteiger partial charge in [-0.05, 0) is 25.1 Å².